The topological polar surface area (TPSA) is 41.4 Å². The van der Waals surface area contributed by atoms with Crippen molar-refractivity contribution in [2.75, 3.05) is 0 Å². The monoisotopic (exact) mass is 191 g/mol. The molecule has 2 nitrogen and oxygen atoms in total. The van der Waals surface area contributed by atoms with Gasteiger partial charge in [0.05, 0.1) is 5.03 Å². The first-order valence-electron chi connectivity index (χ1n) is 1.99. The van der Waals surface area contributed by atoms with E-state index >= 15 is 0 Å². The molecule has 0 fully saturated rings. The van der Waals surface area contributed by atoms with E-state index < -0.39 is 0 Å². The van der Waals surface area contributed by atoms with Crippen molar-refractivity contribution in [3.05, 3.63) is 24.4 Å². The van der Waals surface area contributed by atoms with Crippen molar-refractivity contribution in [1.82, 2.24) is 4.98 Å². The van der Waals surface area contributed by atoms with Crippen LogP contribution in [-0.4, -0.2) is 4.98 Å². The smallest absolute Gasteiger partial charge is 2.00 e. The molecule has 0 unspecified atom stereocenters. The maximum absolute atomic E-state index is 3.97. The Morgan fingerprint density at radius 3 is 2.22 bits per heavy atom. The van der Waals surface area contributed by atoms with E-state index in [0.29, 0.717) is 0 Å². The van der Waals surface area contributed by atoms with Crippen LogP contribution >= 0.6 is 12.6 Å². The van der Waals surface area contributed by atoms with Gasteiger partial charge in [0, 0.05) is 6.20 Å². The fourth-order valence-corrected chi connectivity index (χ4v) is 0.506. The van der Waals surface area contributed by atoms with E-state index in [0.717, 1.165) is 5.03 Å². The van der Waals surface area contributed by atoms with Gasteiger partial charge < -0.3 is 5.48 Å². The minimum atomic E-state index is 0. The van der Waals surface area contributed by atoms with Gasteiger partial charge in [0.2, 0.25) is 0 Å². The Labute approximate surface area is 72.2 Å². The molecule has 0 aliphatic heterocycles. The molecule has 1 rings (SSSR count). The van der Waals surface area contributed by atoms with Crippen LogP contribution in [0.2, 0.25) is 0 Å². The van der Waals surface area contributed by atoms with E-state index in [-0.39, 0.29) is 25.0 Å². The summed E-state index contributed by atoms with van der Waals surface area (Å²) in [6, 6.07) is 5.60. The Hall–Kier alpha value is 0.0834. The molecule has 0 bridgehead atoms. The van der Waals surface area contributed by atoms with Crippen molar-refractivity contribution in [1.29, 1.82) is 0 Å². The molecular weight excluding hydrogens is 188 g/mol. The van der Waals surface area contributed by atoms with E-state index in [2.05, 4.69) is 17.6 Å². The molecule has 0 saturated heterocycles. The van der Waals surface area contributed by atoms with Crippen LogP contribution in [-0.2, 0) is 25.0 Å². The molecule has 9 heavy (non-hydrogen) atoms. The fourth-order valence-electron chi connectivity index (χ4n) is 0.354. The Morgan fingerprint density at radius 1 is 1.33 bits per heavy atom. The third kappa shape index (κ3) is 4.58. The summed E-state index contributed by atoms with van der Waals surface area (Å²) in [5.74, 6) is 0. The van der Waals surface area contributed by atoms with Crippen molar-refractivity contribution < 1.29 is 25.0 Å². The Kier molecular flexibility index (Phi) is 8.16. The van der Waals surface area contributed by atoms with Gasteiger partial charge in [-0.15, -0.1) is 12.6 Å². The first-order chi connectivity index (χ1) is 3.39. The molecule has 0 radical (unpaired) electrons. The summed E-state index contributed by atoms with van der Waals surface area (Å²) >= 11 is 3.97. The molecule has 0 atom stereocenters. The molecule has 0 saturated carbocycles. The first kappa shape index (κ1) is 11.8. The van der Waals surface area contributed by atoms with E-state index in [1.54, 1.807) is 6.20 Å². The van der Waals surface area contributed by atoms with Gasteiger partial charge in [-0.3, -0.25) is 4.98 Å². The van der Waals surface area contributed by atoms with Crippen LogP contribution in [0, 0.1) is 0 Å². The van der Waals surface area contributed by atoms with E-state index in [1.165, 1.54) is 0 Å². The molecule has 1 aromatic rings. The third-order valence-corrected chi connectivity index (χ3v) is 0.914. The fraction of sp³-hybridized carbons (Fsp3) is 0. The molecule has 1 heterocycles. The Balaban J connectivity index is 0. The van der Waals surface area contributed by atoms with Crippen LogP contribution in [0.4, 0.5) is 0 Å². The molecule has 1 aromatic heterocycles. The summed E-state index contributed by atoms with van der Waals surface area (Å²) in [6.07, 6.45) is 1.71. The van der Waals surface area contributed by atoms with Gasteiger partial charge in [0.25, 0.3) is 0 Å². The predicted molar refractivity (Wildman–Crippen MR) is 32.2 cm³/mol. The second kappa shape index (κ2) is 6.21. The van der Waals surface area contributed by atoms with Crippen LogP contribution in [0.25, 0.3) is 0 Å². The van der Waals surface area contributed by atoms with Crippen LogP contribution in [0.1, 0.15) is 0 Å². The molecule has 0 aliphatic rings. The van der Waals surface area contributed by atoms with Crippen LogP contribution in [0.3, 0.4) is 0 Å². The molecule has 0 amide bonds. The van der Waals surface area contributed by atoms with Gasteiger partial charge in [-0.2, -0.15) is 0 Å². The Bertz CT molecular complexity index is 147. The van der Waals surface area contributed by atoms with Crippen molar-refractivity contribution in [3.63, 3.8) is 0 Å². The molecule has 0 aliphatic carbocycles. The molecule has 4 heteroatoms. The van der Waals surface area contributed by atoms with Crippen molar-refractivity contribution >= 4 is 12.6 Å². The largest absolute Gasteiger partial charge is 2.00 e. The zero-order valence-corrected chi connectivity index (χ0v) is 8.68. The van der Waals surface area contributed by atoms with Crippen LogP contribution in [0.5, 0.6) is 0 Å². The SMILES string of the molecule is Sc1ccccn1.[O-2].[Zn+2]. The average Bonchev–Trinajstić information content (AvgIpc) is 1.69. The molecule has 0 aromatic carbocycles. The zero-order chi connectivity index (χ0) is 5.11. The van der Waals surface area contributed by atoms with E-state index in [1.807, 2.05) is 18.2 Å². The summed E-state index contributed by atoms with van der Waals surface area (Å²) in [5, 5.41) is 0.766. The number of hydrogen-bond donors (Lipinski definition) is 1. The number of hydrogen-bond acceptors (Lipinski definition) is 2. The summed E-state index contributed by atoms with van der Waals surface area (Å²) < 4.78 is 0. The van der Waals surface area contributed by atoms with Gasteiger partial charge in [0.1, 0.15) is 0 Å². The summed E-state index contributed by atoms with van der Waals surface area (Å²) in [7, 11) is 0. The maximum atomic E-state index is 3.97. The van der Waals surface area contributed by atoms with Crippen LogP contribution < -0.4 is 0 Å². The number of rotatable bonds is 0. The van der Waals surface area contributed by atoms with E-state index in [4.69, 9.17) is 0 Å². The molecule has 0 spiro atoms. The number of nitrogens with zero attached hydrogens (tertiary/aromatic N) is 1. The summed E-state index contributed by atoms with van der Waals surface area (Å²) in [4.78, 5) is 3.84. The molecule has 0 N–H and O–H groups in total. The van der Waals surface area contributed by atoms with Crippen LogP contribution in [0.15, 0.2) is 29.4 Å². The van der Waals surface area contributed by atoms with Crippen molar-refractivity contribution in [2.24, 2.45) is 0 Å². The number of pyridine rings is 1. The Morgan fingerprint density at radius 2 is 2.00 bits per heavy atom. The summed E-state index contributed by atoms with van der Waals surface area (Å²) in [5.41, 5.74) is 0. The van der Waals surface area contributed by atoms with Gasteiger partial charge >= 0.3 is 19.5 Å². The zero-order valence-electron chi connectivity index (χ0n) is 4.82. The maximum Gasteiger partial charge on any atom is 2.00 e. The minimum absolute atomic E-state index is 0. The van der Waals surface area contributed by atoms with Gasteiger partial charge in [-0.1, -0.05) is 6.07 Å². The van der Waals surface area contributed by atoms with Gasteiger partial charge in [0.15, 0.2) is 0 Å². The third-order valence-electron chi connectivity index (χ3n) is 0.649. The first-order valence-corrected chi connectivity index (χ1v) is 2.44. The van der Waals surface area contributed by atoms with Gasteiger partial charge in [-0.05, 0) is 12.1 Å². The second-order valence-corrected chi connectivity index (χ2v) is 1.65. The molecular formula is C5H5NOSZn. The predicted octanol–water partition coefficient (Wildman–Crippen LogP) is 1.25. The number of thiol groups is 1. The number of aromatic nitrogens is 1. The van der Waals surface area contributed by atoms with Crippen molar-refractivity contribution in [3.8, 4) is 0 Å². The van der Waals surface area contributed by atoms with E-state index in [9.17, 15) is 0 Å². The van der Waals surface area contributed by atoms with Gasteiger partial charge in [-0.25, -0.2) is 0 Å². The average molecular weight is 193 g/mol. The second-order valence-electron chi connectivity index (χ2n) is 1.19. The normalized spacial score (nSPS) is 6.78. The van der Waals surface area contributed by atoms with Crippen molar-refractivity contribution in [2.45, 2.75) is 5.03 Å². The standard InChI is InChI=1S/C5H5NS.O.Zn/c7-5-3-1-2-4-6-5;;/h1-4H,(H,6,7);;/q;-2;+2. The minimum Gasteiger partial charge on any atom is -2.00 e. The molecule has 44 valence electrons. The quantitative estimate of drug-likeness (QED) is 0.488. The summed E-state index contributed by atoms with van der Waals surface area (Å²) in [6.45, 7) is 0.